The molecule has 2 fully saturated rings. The number of nitrogens with one attached hydrogen (secondary N) is 3. The van der Waals surface area contributed by atoms with E-state index in [4.69, 9.17) is 0 Å². The molecular weight excluding hydrogens is 697 g/mol. The van der Waals surface area contributed by atoms with Crippen molar-refractivity contribution in [1.82, 2.24) is 19.8 Å². The quantitative estimate of drug-likeness (QED) is 0.128. The Labute approximate surface area is 319 Å². The molecule has 3 heterocycles. The summed E-state index contributed by atoms with van der Waals surface area (Å²) in [5.74, 6) is -1.64. The molecule has 4 amide bonds. The lowest BCUT2D eigenvalue weighted by Gasteiger charge is -2.32. The van der Waals surface area contributed by atoms with Crippen molar-refractivity contribution < 1.29 is 29.4 Å². The monoisotopic (exact) mass is 740 g/mol. The van der Waals surface area contributed by atoms with Crippen molar-refractivity contribution in [3.05, 3.63) is 127 Å². The number of carbonyl (C=O) groups is 4. The number of aromatic nitrogens is 2. The van der Waals surface area contributed by atoms with Gasteiger partial charge < -0.3 is 35.6 Å². The molecule has 7 rings (SSSR count). The van der Waals surface area contributed by atoms with Gasteiger partial charge in [-0.05, 0) is 74.9 Å². The van der Waals surface area contributed by atoms with Gasteiger partial charge in [0.15, 0.2) is 11.2 Å². The minimum absolute atomic E-state index is 0.317. The van der Waals surface area contributed by atoms with E-state index in [0.29, 0.717) is 67.0 Å². The van der Waals surface area contributed by atoms with E-state index in [9.17, 15) is 29.4 Å². The summed E-state index contributed by atoms with van der Waals surface area (Å²) >= 11 is 0. The number of amides is 4. The van der Waals surface area contributed by atoms with Gasteiger partial charge in [-0.1, -0.05) is 84.9 Å². The van der Waals surface area contributed by atoms with Gasteiger partial charge >= 0.3 is 0 Å². The van der Waals surface area contributed by atoms with E-state index in [0.717, 1.165) is 16.8 Å². The van der Waals surface area contributed by atoms with Crippen molar-refractivity contribution in [1.29, 1.82) is 0 Å². The van der Waals surface area contributed by atoms with Crippen molar-refractivity contribution in [2.75, 3.05) is 23.7 Å². The summed E-state index contributed by atoms with van der Waals surface area (Å²) in [5, 5.41) is 28.1. The molecule has 1 aromatic heterocycles. The van der Waals surface area contributed by atoms with Gasteiger partial charge in [0.2, 0.25) is 11.8 Å². The first-order valence-corrected chi connectivity index (χ1v) is 18.5. The van der Waals surface area contributed by atoms with Crippen LogP contribution in [-0.2, 0) is 30.4 Å². The van der Waals surface area contributed by atoms with Crippen LogP contribution >= 0.6 is 0 Å². The molecule has 12 nitrogen and oxygen atoms in total. The van der Waals surface area contributed by atoms with E-state index in [-0.39, 0.29) is 11.8 Å². The summed E-state index contributed by atoms with van der Waals surface area (Å²) in [6.45, 7) is 3.69. The molecule has 5 N–H and O–H groups in total. The fraction of sp³-hybridized carbons (Fsp3) is 0.279. The summed E-state index contributed by atoms with van der Waals surface area (Å²) in [6, 6.07) is 30.6. The Bertz CT molecular complexity index is 2010. The van der Waals surface area contributed by atoms with Crippen LogP contribution in [-0.4, -0.2) is 78.8 Å². The molecule has 1 unspecified atom stereocenters. The maximum Gasteiger partial charge on any atom is 0.259 e. The number of aliphatic hydroxyl groups is 2. The number of carbonyl (C=O) groups excluding carboxylic acids is 4. The van der Waals surface area contributed by atoms with Crippen LogP contribution in [0.25, 0.3) is 22.5 Å². The summed E-state index contributed by atoms with van der Waals surface area (Å²) in [7, 11) is 0. The predicted molar refractivity (Wildman–Crippen MR) is 208 cm³/mol. The van der Waals surface area contributed by atoms with Crippen LogP contribution in [0.1, 0.15) is 50.7 Å². The van der Waals surface area contributed by atoms with E-state index in [1.165, 1.54) is 23.6 Å². The van der Waals surface area contributed by atoms with Crippen molar-refractivity contribution in [2.45, 2.75) is 62.8 Å². The highest BCUT2D eigenvalue weighted by atomic mass is 16.3. The molecule has 0 saturated carbocycles. The largest absolute Gasteiger partial charge is 0.376 e. The standard InChI is InChI=1S/C43H44N6O6/c1-42(54,30-11-5-3-6-12-30)40(52)48-25-9-15-34(48)38(50)46-32-21-17-28(18-22-32)36-37(45-27-44-36)29-19-23-33(24-20-29)47-39(51)35-16-10-26-49(35)41(53)43(2,55)31-13-7-4-8-14-31/h3-8,11-14,17-24,27,34-35,54-55H,9-10,15-16,25-26H2,1-2H3,(H,44,45)(H,46,50)(H,47,51)/t34-,35?,42+,43+/m0/s1. The molecule has 55 heavy (non-hydrogen) atoms. The van der Waals surface area contributed by atoms with Crippen LogP contribution in [0.15, 0.2) is 116 Å². The lowest BCUT2D eigenvalue weighted by molar-refractivity contribution is -0.153. The summed E-state index contributed by atoms with van der Waals surface area (Å²) in [4.78, 5) is 64.3. The minimum atomic E-state index is -1.76. The molecule has 4 atom stereocenters. The highest BCUT2D eigenvalue weighted by Crippen LogP contribution is 2.33. The number of aromatic amines is 1. The lowest BCUT2D eigenvalue weighted by Crippen LogP contribution is -2.50. The van der Waals surface area contributed by atoms with E-state index in [1.54, 1.807) is 79.1 Å². The molecular formula is C43H44N6O6. The Balaban J connectivity index is 0.980. The van der Waals surface area contributed by atoms with Crippen molar-refractivity contribution >= 4 is 35.0 Å². The van der Waals surface area contributed by atoms with Gasteiger partial charge in [-0.15, -0.1) is 0 Å². The number of hydrogen-bond donors (Lipinski definition) is 5. The highest BCUT2D eigenvalue weighted by molar-refractivity contribution is 6.00. The maximum absolute atomic E-state index is 13.4. The third kappa shape index (κ3) is 7.51. The van der Waals surface area contributed by atoms with Crippen LogP contribution in [0.2, 0.25) is 0 Å². The van der Waals surface area contributed by atoms with Gasteiger partial charge in [0.1, 0.15) is 12.1 Å². The average Bonchev–Trinajstić information content (AvgIpc) is 4.01. The number of benzene rings is 4. The highest BCUT2D eigenvalue weighted by Gasteiger charge is 2.44. The lowest BCUT2D eigenvalue weighted by atomic mass is 9.94. The summed E-state index contributed by atoms with van der Waals surface area (Å²) in [6.07, 6.45) is 3.90. The summed E-state index contributed by atoms with van der Waals surface area (Å²) < 4.78 is 0. The Morgan fingerprint density at radius 2 is 1.05 bits per heavy atom. The molecule has 0 bridgehead atoms. The molecule has 282 valence electrons. The fourth-order valence-corrected chi connectivity index (χ4v) is 7.51. The topological polar surface area (TPSA) is 168 Å². The van der Waals surface area contributed by atoms with Crippen molar-refractivity contribution in [3.63, 3.8) is 0 Å². The van der Waals surface area contributed by atoms with Gasteiger partial charge in [0.25, 0.3) is 11.8 Å². The number of anilines is 2. The average molecular weight is 741 g/mol. The van der Waals surface area contributed by atoms with Crippen molar-refractivity contribution in [2.24, 2.45) is 0 Å². The number of H-pyrrole nitrogens is 1. The molecule has 0 radical (unpaired) electrons. The van der Waals surface area contributed by atoms with E-state index >= 15 is 0 Å². The molecule has 2 saturated heterocycles. The second-order valence-electron chi connectivity index (χ2n) is 14.4. The van der Waals surface area contributed by atoms with Crippen LogP contribution in [0, 0.1) is 0 Å². The maximum atomic E-state index is 13.4. The SMILES string of the molecule is C[C@](O)(C(=O)N1CCCC1C(=O)Nc1ccc(-c2[nH]cnc2-c2ccc(NC(=O)[C@@H]3CCCN3C(=O)[C@](C)(O)c3ccccc3)cc2)cc1)c1ccccc1. The summed E-state index contributed by atoms with van der Waals surface area (Å²) in [5.41, 5.74) is 1.64. The van der Waals surface area contributed by atoms with Crippen LogP contribution in [0.4, 0.5) is 11.4 Å². The van der Waals surface area contributed by atoms with Crippen LogP contribution < -0.4 is 10.6 Å². The Morgan fingerprint density at radius 1 is 0.636 bits per heavy atom. The molecule has 5 aromatic rings. The van der Waals surface area contributed by atoms with Gasteiger partial charge in [-0.2, -0.15) is 0 Å². The molecule has 4 aromatic carbocycles. The Kier molecular flexibility index (Phi) is 10.4. The molecule has 2 aliphatic rings. The molecule has 2 aliphatic heterocycles. The number of nitrogens with zero attached hydrogens (tertiary/aromatic N) is 3. The zero-order valence-corrected chi connectivity index (χ0v) is 30.7. The fourth-order valence-electron chi connectivity index (χ4n) is 7.51. The normalized spacial score (nSPS) is 19.0. The van der Waals surface area contributed by atoms with Crippen LogP contribution in [0.3, 0.4) is 0 Å². The van der Waals surface area contributed by atoms with Gasteiger partial charge in [0, 0.05) is 35.6 Å². The zero-order chi connectivity index (χ0) is 38.7. The third-order valence-electron chi connectivity index (χ3n) is 10.6. The number of likely N-dealkylation sites (tertiary alicyclic amines) is 2. The Hall–Kier alpha value is -6.11. The van der Waals surface area contributed by atoms with Gasteiger partial charge in [-0.3, -0.25) is 19.2 Å². The van der Waals surface area contributed by atoms with Gasteiger partial charge in [0.05, 0.1) is 17.7 Å². The predicted octanol–water partition coefficient (Wildman–Crippen LogP) is 5.42. The Morgan fingerprint density at radius 3 is 1.49 bits per heavy atom. The minimum Gasteiger partial charge on any atom is -0.376 e. The van der Waals surface area contributed by atoms with E-state index in [1.807, 2.05) is 36.4 Å². The van der Waals surface area contributed by atoms with Crippen LogP contribution in [0.5, 0.6) is 0 Å². The first-order valence-electron chi connectivity index (χ1n) is 18.5. The second-order valence-corrected chi connectivity index (χ2v) is 14.4. The molecule has 0 aliphatic carbocycles. The van der Waals surface area contributed by atoms with E-state index in [2.05, 4.69) is 20.6 Å². The first kappa shape index (κ1) is 37.2. The van der Waals surface area contributed by atoms with E-state index < -0.39 is 35.1 Å². The second kappa shape index (κ2) is 15.3. The van der Waals surface area contributed by atoms with Crippen molar-refractivity contribution in [3.8, 4) is 22.5 Å². The van der Waals surface area contributed by atoms with Gasteiger partial charge in [-0.25, -0.2) is 4.98 Å². The number of imidazole rings is 1. The number of hydrogen-bond acceptors (Lipinski definition) is 7. The zero-order valence-electron chi connectivity index (χ0n) is 30.7. The first-order chi connectivity index (χ1) is 26.4. The third-order valence-corrected chi connectivity index (χ3v) is 10.6. The number of rotatable bonds is 10. The molecule has 12 heteroatoms. The molecule has 0 spiro atoms. The smallest absolute Gasteiger partial charge is 0.259 e.